The van der Waals surface area contributed by atoms with Crippen LogP contribution in [0.4, 0.5) is 15.3 Å². The van der Waals surface area contributed by atoms with Crippen molar-refractivity contribution in [3.63, 3.8) is 0 Å². The molecule has 4 heterocycles. The zero-order chi connectivity index (χ0) is 94.6. The minimum Gasteiger partial charge on any atom is -1.00 e. The average molecular weight is 1940 g/mol. The summed E-state index contributed by atoms with van der Waals surface area (Å²) in [5.41, 5.74) is 5.36. The summed E-state index contributed by atoms with van der Waals surface area (Å²) in [6.07, 6.45) is 14.9. The average Bonchev–Trinajstić information content (AvgIpc) is 1.61. The van der Waals surface area contributed by atoms with Crippen LogP contribution in [-0.2, 0) is 73.2 Å². The molecule has 2 aliphatic carbocycles. The van der Waals surface area contributed by atoms with Gasteiger partial charge in [0.2, 0.25) is 23.6 Å². The molecule has 4 N–H and O–H groups in total. The van der Waals surface area contributed by atoms with E-state index in [1.165, 1.54) is 29.6 Å². The second kappa shape index (κ2) is 59.0. The predicted molar refractivity (Wildman–Crippen MR) is 510 cm³/mol. The van der Waals surface area contributed by atoms with Crippen molar-refractivity contribution in [1.29, 1.82) is 0 Å². The summed E-state index contributed by atoms with van der Waals surface area (Å²) in [6, 6.07) is 34.6. The summed E-state index contributed by atoms with van der Waals surface area (Å²) >= 11 is 3.10. The van der Waals surface area contributed by atoms with E-state index in [4.69, 9.17) is 57.9 Å². The molecule has 0 spiro atoms. The van der Waals surface area contributed by atoms with Gasteiger partial charge in [-0.3, -0.25) is 33.8 Å². The van der Waals surface area contributed by atoms with Gasteiger partial charge in [-0.1, -0.05) is 114 Å². The quantitative estimate of drug-likeness (QED) is 0.00534. The number of likely N-dealkylation sites (tertiary alicyclic amines) is 2. The number of likely N-dealkylation sites (N-methyl/N-ethyl adjacent to an activating group) is 2. The third-order valence-electron chi connectivity index (χ3n) is 23.3. The number of anilines is 1. The summed E-state index contributed by atoms with van der Waals surface area (Å²) in [5, 5.41) is 37.7. The standard InChI is InChI=1S/C48H63N5O9S.C34H44N4O5S.C16H24O4.CH2O3.CH4.2K.H/c1-32(52(5)47(57)62-48(2,3)4)43(54)51-42(33-13-8-7-9-14-33)45(55)53-25-12-17-40(53)44-50-39(31-63-44)37-22-23-41(38-16-11-10-15-36(37)38)61-30-29-60-28-27-59-26-24-49-35-20-18-34(19-21-35)46(56)58-6;1-21(37(5)33(42)43-34(2,3)4)30(40)36-29(22-12-7-6-8-13-22)32(41)38-19-11-16-27(38)31-35-26(20-44-31)24-17-18-28(39)25-15-10-9-14-23(24)25;1-3-10-19-12-13-20-11-4-5-14-6-8-15(9-7-14)16(17)18-2;2-1-4-3;;;;/h10-11,15-16,18-23,31-33,40,42,49H,7-9,12-14,17,24-30H2,1-6H3,(H,51,54);9-10,14-15,17-18,20-22,27,29,39H,6-8,11-13,16,19H2,1-5H3,(H,36,40);6-9H,3-5,10-13H2,1-2H3;1,3H;1H4;;;/q;;;;;2*+1;-1/p-1/t32-,40-,42-;21-,27-,29-;;;;;;/m00....../s1. The van der Waals surface area contributed by atoms with Crippen LogP contribution in [0.2, 0.25) is 0 Å². The largest absolute Gasteiger partial charge is 1.00 e. The van der Waals surface area contributed by atoms with Gasteiger partial charge in [-0.2, -0.15) is 0 Å². The van der Waals surface area contributed by atoms with Crippen molar-refractivity contribution in [2.75, 3.05) is 113 Å². The number of aryl methyl sites for hydroxylation is 1. The number of methoxy groups -OCH3 is 2. The number of nitrogens with zero attached hydrogens (tertiary/aromatic N) is 6. The molecule has 8 aromatic rings. The zero-order valence-corrected chi connectivity index (χ0v) is 87.9. The van der Waals surface area contributed by atoms with Crippen LogP contribution in [0.5, 0.6) is 11.5 Å². The number of esters is 2. The molecule has 722 valence electrons. The number of carbonyl (C=O) groups excluding carboxylic acids is 9. The molecule has 4 aliphatic rings. The topological polar surface area (TPSA) is 364 Å². The predicted octanol–water partition coefficient (Wildman–Crippen LogP) is 11.0. The SMILES string of the molecule is C.CCCOCCOCCCc1ccc(C(=O)OC)cc1.COC(=O)c1ccc(NCCOCCOCCOc2ccc(-c3csc([C@@H]4CCCN4C(=O)[C@@H](NC(=O)[C@H](C)N(C)C(=O)OC(C)(C)C)C4CCCCC4)n3)c3ccccc23)cc1.C[C@@H](C(=O)N[C@H](C(=O)N1CCC[C@H]1c1nc(-c2ccc(O)c3ccccc23)cs1)C1CCCCC1)N(C)C(=O)OC(C)(C)C.O=CO[O-].[H-].[K+].[K+]. The Hall–Kier alpha value is -7.60. The van der Waals surface area contributed by atoms with Crippen molar-refractivity contribution in [3.05, 3.63) is 159 Å². The van der Waals surface area contributed by atoms with Crippen molar-refractivity contribution in [1.82, 2.24) is 40.2 Å². The summed E-state index contributed by atoms with van der Waals surface area (Å²) in [7, 11) is 5.84. The van der Waals surface area contributed by atoms with Gasteiger partial charge >= 0.3 is 127 Å². The second-order valence-electron chi connectivity index (χ2n) is 34.9. The van der Waals surface area contributed by atoms with Crippen LogP contribution in [0.15, 0.2) is 132 Å². The Morgan fingerprint density at radius 2 is 0.948 bits per heavy atom. The summed E-state index contributed by atoms with van der Waals surface area (Å²) < 4.78 is 48.8. The van der Waals surface area contributed by atoms with E-state index < -0.39 is 47.6 Å². The fourth-order valence-electron chi connectivity index (χ4n) is 16.2. The van der Waals surface area contributed by atoms with Crippen LogP contribution in [0, 0.1) is 11.8 Å². The Bertz CT molecular complexity index is 4990. The summed E-state index contributed by atoms with van der Waals surface area (Å²) in [5.74, 6) is -0.526. The number of carbonyl (C=O) groups is 9. The number of phenolic OH excluding ortho intramolecular Hbond substituents is 1. The third-order valence-corrected chi connectivity index (χ3v) is 25.2. The molecule has 6 amide bonds. The number of thiazole rings is 2. The fraction of sp³-hybridized carbons (Fsp3) is 0.530. The molecular weight excluding hydrogens is 1810 g/mol. The Kier molecular flexibility index (Phi) is 50.7. The van der Waals surface area contributed by atoms with Gasteiger partial charge in [-0.15, -0.1) is 22.7 Å². The van der Waals surface area contributed by atoms with Crippen LogP contribution in [0.3, 0.4) is 0 Å². The summed E-state index contributed by atoms with van der Waals surface area (Å²) in [4.78, 5) is 132. The molecule has 12 rings (SSSR count). The maximum atomic E-state index is 14.6. The number of benzene rings is 6. The number of phenols is 1. The first-order valence-electron chi connectivity index (χ1n) is 45.5. The van der Waals surface area contributed by atoms with Gasteiger partial charge in [-0.05, 0) is 215 Å². The second-order valence-corrected chi connectivity index (χ2v) is 36.7. The van der Waals surface area contributed by atoms with Gasteiger partial charge in [0.1, 0.15) is 63.5 Å². The first-order valence-corrected chi connectivity index (χ1v) is 47.3. The van der Waals surface area contributed by atoms with Crippen LogP contribution >= 0.6 is 22.7 Å². The molecule has 134 heavy (non-hydrogen) atoms. The van der Waals surface area contributed by atoms with E-state index in [1.807, 2.05) is 100 Å². The maximum Gasteiger partial charge on any atom is 1.00 e. The molecule has 0 radical (unpaired) electrons. The molecule has 2 aliphatic heterocycles. The Balaban J connectivity index is 0.000000387. The molecule has 2 saturated carbocycles. The van der Waals surface area contributed by atoms with Gasteiger partial charge < -0.3 is 85.1 Å². The number of rotatable bonds is 37. The van der Waals surface area contributed by atoms with E-state index in [-0.39, 0.29) is 183 Å². The van der Waals surface area contributed by atoms with E-state index in [1.54, 1.807) is 122 Å². The first kappa shape index (κ1) is 115. The molecule has 2 aromatic heterocycles. The smallest absolute Gasteiger partial charge is 1.00 e. The van der Waals surface area contributed by atoms with Crippen molar-refractivity contribution in [2.45, 2.75) is 226 Å². The number of hydrogen-bond donors (Lipinski definition) is 4. The van der Waals surface area contributed by atoms with Gasteiger partial charge in [0.05, 0.1) is 88.5 Å². The maximum absolute atomic E-state index is 14.6. The normalized spacial score (nSPS) is 15.8. The number of amides is 6. The fourth-order valence-corrected chi connectivity index (χ4v) is 18.1. The van der Waals surface area contributed by atoms with Gasteiger partial charge in [0.25, 0.3) is 6.47 Å². The van der Waals surface area contributed by atoms with Gasteiger partial charge in [0.15, 0.2) is 0 Å². The molecule has 30 nitrogen and oxygen atoms in total. The number of fused-ring (bicyclic) bond motifs is 2. The summed E-state index contributed by atoms with van der Waals surface area (Å²) in [6.45, 7) is 22.8. The molecular formula is C100H137K2N9O21S2. The van der Waals surface area contributed by atoms with Crippen LogP contribution in [0.1, 0.15) is 222 Å². The van der Waals surface area contributed by atoms with Crippen LogP contribution in [-0.4, -0.2) is 232 Å². The number of hydrogen-bond acceptors (Lipinski definition) is 26. The van der Waals surface area contributed by atoms with Gasteiger partial charge in [-0.25, -0.2) is 29.1 Å². The minimum absolute atomic E-state index is 0. The van der Waals surface area contributed by atoms with E-state index in [0.717, 1.165) is 188 Å². The van der Waals surface area contributed by atoms with E-state index in [9.17, 15) is 43.5 Å². The van der Waals surface area contributed by atoms with Crippen molar-refractivity contribution >= 4 is 104 Å². The first-order chi connectivity index (χ1) is 63.0. The van der Waals surface area contributed by atoms with E-state index in [2.05, 4.69) is 43.9 Å². The minimum atomic E-state index is -0.826. The third kappa shape index (κ3) is 35.1. The number of ether oxygens (including phenoxy) is 9. The molecule has 34 heteroatoms. The molecule has 0 bridgehead atoms. The molecule has 6 aromatic carbocycles. The van der Waals surface area contributed by atoms with E-state index in [0.29, 0.717) is 77.0 Å². The van der Waals surface area contributed by atoms with Crippen LogP contribution in [0.25, 0.3) is 44.1 Å². The van der Waals surface area contributed by atoms with E-state index >= 15 is 0 Å². The molecule has 4 fully saturated rings. The number of aromatic nitrogens is 2. The van der Waals surface area contributed by atoms with Crippen LogP contribution < -0.4 is 129 Å². The van der Waals surface area contributed by atoms with Crippen molar-refractivity contribution in [2.24, 2.45) is 11.8 Å². The zero-order valence-electron chi connectivity index (χ0n) is 81.0. The Morgan fingerprint density at radius 1 is 0.537 bits per heavy atom. The monoisotopic (exact) mass is 1940 g/mol. The number of nitrogens with one attached hydrogen (secondary N) is 3. The number of aromatic hydroxyl groups is 1. The Morgan fingerprint density at radius 3 is 1.40 bits per heavy atom. The molecule has 0 unspecified atom stereocenters. The molecule has 6 atom stereocenters. The van der Waals surface area contributed by atoms with Crippen molar-refractivity contribution in [3.8, 4) is 34.0 Å². The van der Waals surface area contributed by atoms with Crippen molar-refractivity contribution < 1.29 is 205 Å². The molecule has 2 saturated heterocycles. The van der Waals surface area contributed by atoms with Gasteiger partial charge in [0, 0.05) is 85.3 Å². The Labute approximate surface area is 884 Å².